The zero-order valence-corrected chi connectivity index (χ0v) is 16.1. The van der Waals surface area contributed by atoms with E-state index in [9.17, 15) is 4.79 Å². The Labute approximate surface area is 158 Å². The van der Waals surface area contributed by atoms with Crippen molar-refractivity contribution in [3.05, 3.63) is 64.6 Å². The second-order valence-electron chi connectivity index (χ2n) is 7.70. The summed E-state index contributed by atoms with van der Waals surface area (Å²) < 4.78 is 2.01. The minimum atomic E-state index is -0.132. The number of imidazole rings is 1. The van der Waals surface area contributed by atoms with E-state index in [1.165, 1.54) is 0 Å². The van der Waals surface area contributed by atoms with Crippen molar-refractivity contribution in [2.45, 2.75) is 39.7 Å². The van der Waals surface area contributed by atoms with Gasteiger partial charge in [-0.25, -0.2) is 4.98 Å². The van der Waals surface area contributed by atoms with Crippen molar-refractivity contribution in [1.82, 2.24) is 14.4 Å². The van der Waals surface area contributed by atoms with Crippen LogP contribution in [0, 0.1) is 6.92 Å². The molecule has 5 nitrogen and oxygen atoms in total. The highest BCUT2D eigenvalue weighted by molar-refractivity contribution is 5.86. The third-order valence-electron chi connectivity index (χ3n) is 5.13. The number of pyridine rings is 2. The maximum atomic E-state index is 12.9. The molecule has 138 valence electrons. The number of hydrogen-bond donors (Lipinski definition) is 2. The highest BCUT2D eigenvalue weighted by atomic mass is 16.1. The summed E-state index contributed by atoms with van der Waals surface area (Å²) in [6.45, 7) is 8.48. The van der Waals surface area contributed by atoms with Crippen LogP contribution in [0.5, 0.6) is 0 Å². The van der Waals surface area contributed by atoms with Gasteiger partial charge in [-0.15, -0.1) is 0 Å². The van der Waals surface area contributed by atoms with Gasteiger partial charge in [-0.2, -0.15) is 0 Å². The molecule has 0 aliphatic rings. The fraction of sp³-hybridized carbons (Fsp3) is 0.273. The molecule has 0 saturated heterocycles. The number of aryl methyl sites for hydroxylation is 1. The van der Waals surface area contributed by atoms with Gasteiger partial charge in [0.2, 0.25) is 0 Å². The van der Waals surface area contributed by atoms with Crippen molar-refractivity contribution >= 4 is 22.4 Å². The molecule has 0 saturated carbocycles. The Balaban J connectivity index is 2.00. The Morgan fingerprint density at radius 3 is 2.78 bits per heavy atom. The second kappa shape index (κ2) is 6.27. The molecule has 4 aromatic rings. The lowest BCUT2D eigenvalue weighted by molar-refractivity contribution is 0.544. The molecule has 4 rings (SSSR count). The van der Waals surface area contributed by atoms with E-state index in [1.807, 2.05) is 53.9 Å². The summed E-state index contributed by atoms with van der Waals surface area (Å²) in [4.78, 5) is 20.6. The van der Waals surface area contributed by atoms with Crippen LogP contribution >= 0.6 is 0 Å². The summed E-state index contributed by atoms with van der Waals surface area (Å²) in [5.74, 6) is 0.843. The van der Waals surface area contributed by atoms with E-state index >= 15 is 0 Å². The first-order valence-electron chi connectivity index (χ1n) is 9.27. The first kappa shape index (κ1) is 17.3. The third-order valence-corrected chi connectivity index (χ3v) is 5.13. The number of fused-ring (bicyclic) bond motifs is 2. The summed E-state index contributed by atoms with van der Waals surface area (Å²) in [5, 5.41) is 4.59. The molecule has 0 spiro atoms. The van der Waals surface area contributed by atoms with Gasteiger partial charge in [-0.05, 0) is 62.9 Å². The maximum Gasteiger partial charge on any atom is 0.258 e. The smallest absolute Gasteiger partial charge is 0.258 e. The zero-order chi connectivity index (χ0) is 19.2. The van der Waals surface area contributed by atoms with Crippen molar-refractivity contribution < 1.29 is 0 Å². The van der Waals surface area contributed by atoms with Crippen LogP contribution in [0.15, 0.2) is 53.5 Å². The molecule has 27 heavy (non-hydrogen) atoms. The summed E-state index contributed by atoms with van der Waals surface area (Å²) in [6, 6.07) is 13.8. The average molecular weight is 360 g/mol. The van der Waals surface area contributed by atoms with Crippen molar-refractivity contribution in [3.63, 3.8) is 0 Å². The van der Waals surface area contributed by atoms with Gasteiger partial charge in [0.25, 0.3) is 5.56 Å². The Bertz CT molecular complexity index is 1200. The fourth-order valence-electron chi connectivity index (χ4n) is 3.21. The van der Waals surface area contributed by atoms with Gasteiger partial charge in [0.05, 0.1) is 5.56 Å². The predicted molar refractivity (Wildman–Crippen MR) is 111 cm³/mol. The number of nitrogens with one attached hydrogen (secondary N) is 2. The summed E-state index contributed by atoms with van der Waals surface area (Å²) in [5.41, 5.74) is 3.79. The highest BCUT2D eigenvalue weighted by Crippen LogP contribution is 2.31. The number of rotatable bonds is 4. The molecular weight excluding hydrogens is 336 g/mol. The summed E-state index contributed by atoms with van der Waals surface area (Å²) in [7, 11) is 0. The lowest BCUT2D eigenvalue weighted by atomic mass is 10.0. The quantitative estimate of drug-likeness (QED) is 0.552. The van der Waals surface area contributed by atoms with Crippen molar-refractivity contribution in [3.8, 4) is 11.3 Å². The van der Waals surface area contributed by atoms with Crippen LogP contribution in [0.4, 0.5) is 5.82 Å². The largest absolute Gasteiger partial charge is 0.364 e. The summed E-state index contributed by atoms with van der Waals surface area (Å²) >= 11 is 0. The number of aromatic nitrogens is 3. The van der Waals surface area contributed by atoms with Crippen LogP contribution in [0.3, 0.4) is 0 Å². The Morgan fingerprint density at radius 1 is 1.19 bits per heavy atom. The highest BCUT2D eigenvalue weighted by Gasteiger charge is 2.22. The molecule has 0 bridgehead atoms. The molecule has 3 aromatic heterocycles. The van der Waals surface area contributed by atoms with Gasteiger partial charge >= 0.3 is 0 Å². The van der Waals surface area contributed by atoms with E-state index in [4.69, 9.17) is 4.98 Å². The van der Waals surface area contributed by atoms with E-state index in [-0.39, 0.29) is 11.1 Å². The topological polar surface area (TPSA) is 62.2 Å². The van der Waals surface area contributed by atoms with Crippen LogP contribution in [-0.4, -0.2) is 19.9 Å². The molecule has 0 fully saturated rings. The lowest BCUT2D eigenvalue weighted by Gasteiger charge is -2.26. The zero-order valence-electron chi connectivity index (χ0n) is 16.1. The Kier molecular flexibility index (Phi) is 4.02. The number of H-pyrrole nitrogens is 1. The molecule has 0 radical (unpaired) electrons. The van der Waals surface area contributed by atoms with Crippen molar-refractivity contribution in [1.29, 1.82) is 0 Å². The van der Waals surface area contributed by atoms with Crippen LogP contribution in [0.25, 0.3) is 27.8 Å². The van der Waals surface area contributed by atoms with E-state index in [0.29, 0.717) is 11.3 Å². The van der Waals surface area contributed by atoms with Crippen molar-refractivity contribution in [2.75, 3.05) is 5.32 Å². The average Bonchev–Trinajstić information content (AvgIpc) is 2.99. The van der Waals surface area contributed by atoms with E-state index < -0.39 is 0 Å². The van der Waals surface area contributed by atoms with Gasteiger partial charge in [0, 0.05) is 17.3 Å². The van der Waals surface area contributed by atoms with Crippen LogP contribution < -0.4 is 10.9 Å². The monoisotopic (exact) mass is 360 g/mol. The van der Waals surface area contributed by atoms with Crippen molar-refractivity contribution in [2.24, 2.45) is 0 Å². The lowest BCUT2D eigenvalue weighted by Crippen LogP contribution is -2.30. The number of aromatic amines is 1. The number of anilines is 1. The summed E-state index contributed by atoms with van der Waals surface area (Å²) in [6.07, 6.45) is 2.92. The number of hydrogen-bond acceptors (Lipinski definition) is 3. The molecule has 0 unspecified atom stereocenters. The molecule has 0 atom stereocenters. The predicted octanol–water partition coefficient (Wildman–Crippen LogP) is 4.75. The molecular formula is C22H24N4O. The standard InChI is InChI=1S/C22H24N4O/c1-5-22(3,4)25-20-19(24-18-8-6-7-11-26(18)20)16-13-15-12-14(2)9-10-17(15)23-21(16)27/h6-13,25H,5H2,1-4H3,(H,23,27). The molecule has 2 N–H and O–H groups in total. The maximum absolute atomic E-state index is 12.9. The van der Waals surface area contributed by atoms with E-state index in [1.54, 1.807) is 0 Å². The van der Waals surface area contributed by atoms with Gasteiger partial charge in [-0.3, -0.25) is 9.20 Å². The third kappa shape index (κ3) is 3.10. The SMILES string of the molecule is CCC(C)(C)Nc1c(-c2cc3cc(C)ccc3[nH]c2=O)nc2ccccn12. The van der Waals surface area contributed by atoms with Crippen LogP contribution in [-0.2, 0) is 0 Å². The first-order valence-corrected chi connectivity index (χ1v) is 9.27. The minimum Gasteiger partial charge on any atom is -0.364 e. The molecule has 0 aliphatic heterocycles. The van der Waals surface area contributed by atoms with E-state index in [2.05, 4.69) is 37.1 Å². The van der Waals surface area contributed by atoms with Crippen LogP contribution in [0.1, 0.15) is 32.8 Å². The van der Waals surface area contributed by atoms with Gasteiger partial charge < -0.3 is 10.3 Å². The Hall–Kier alpha value is -3.08. The number of nitrogens with zero attached hydrogens (tertiary/aromatic N) is 2. The molecule has 5 heteroatoms. The molecule has 0 amide bonds. The van der Waals surface area contributed by atoms with Gasteiger partial charge in [0.15, 0.2) is 0 Å². The fourth-order valence-corrected chi connectivity index (χ4v) is 3.21. The normalized spacial score (nSPS) is 12.0. The Morgan fingerprint density at radius 2 is 2.00 bits per heavy atom. The molecule has 1 aromatic carbocycles. The van der Waals surface area contributed by atoms with Gasteiger partial charge in [0.1, 0.15) is 17.2 Å². The number of benzene rings is 1. The minimum absolute atomic E-state index is 0.124. The van der Waals surface area contributed by atoms with E-state index in [0.717, 1.165) is 34.4 Å². The first-order chi connectivity index (χ1) is 12.9. The molecule has 3 heterocycles. The van der Waals surface area contributed by atoms with Crippen LogP contribution in [0.2, 0.25) is 0 Å². The van der Waals surface area contributed by atoms with Gasteiger partial charge in [-0.1, -0.05) is 24.6 Å². The molecule has 0 aliphatic carbocycles. The second-order valence-corrected chi connectivity index (χ2v) is 7.70.